The van der Waals surface area contributed by atoms with E-state index < -0.39 is 5.97 Å². The number of rotatable bonds is 12. The van der Waals surface area contributed by atoms with Crippen molar-refractivity contribution in [3.63, 3.8) is 0 Å². The van der Waals surface area contributed by atoms with Crippen molar-refractivity contribution in [3.8, 4) is 0 Å². The summed E-state index contributed by atoms with van der Waals surface area (Å²) in [7, 11) is 0. The number of hydrogen-bond acceptors (Lipinski definition) is 3. The van der Waals surface area contributed by atoms with Gasteiger partial charge < -0.3 is 14.9 Å². The molecule has 0 aliphatic carbocycles. The van der Waals surface area contributed by atoms with Gasteiger partial charge in [0.2, 0.25) is 0 Å². The Morgan fingerprint density at radius 2 is 2.00 bits per heavy atom. The molecule has 2 heterocycles. The topological polar surface area (TPSA) is 66.8 Å². The highest BCUT2D eigenvalue weighted by molar-refractivity contribution is 5.66. The van der Waals surface area contributed by atoms with Crippen LogP contribution in [0.1, 0.15) is 71.1 Å². The van der Waals surface area contributed by atoms with Crippen LogP contribution in [0.15, 0.2) is 24.3 Å². The quantitative estimate of drug-likeness (QED) is 0.402. The number of fused-ring (bicyclic) bond motifs is 2. The van der Waals surface area contributed by atoms with Gasteiger partial charge in [0.05, 0.1) is 18.3 Å². The number of carbonyl (C=O) groups is 1. The second kappa shape index (κ2) is 10.8. The molecule has 2 bridgehead atoms. The van der Waals surface area contributed by atoms with Gasteiger partial charge >= 0.3 is 5.97 Å². The number of aliphatic hydroxyl groups excluding tert-OH is 1. The van der Waals surface area contributed by atoms with Gasteiger partial charge in [-0.15, -0.1) is 0 Å². The molecule has 2 saturated heterocycles. The molecule has 2 fully saturated rings. The first-order valence-electron chi connectivity index (χ1n) is 10.0. The van der Waals surface area contributed by atoms with Crippen LogP contribution in [-0.4, -0.2) is 34.5 Å². The number of carboxylic acid groups (broad SMARTS) is 1. The number of unbranched alkanes of at least 4 members (excludes halogenated alkanes) is 3. The summed E-state index contributed by atoms with van der Waals surface area (Å²) in [4.78, 5) is 10.5. The highest BCUT2D eigenvalue weighted by Gasteiger charge is 2.46. The van der Waals surface area contributed by atoms with Gasteiger partial charge in [-0.3, -0.25) is 4.79 Å². The van der Waals surface area contributed by atoms with Crippen molar-refractivity contribution in [3.05, 3.63) is 24.3 Å². The van der Waals surface area contributed by atoms with Crippen molar-refractivity contribution in [2.45, 2.75) is 89.4 Å². The molecule has 0 aromatic carbocycles. The summed E-state index contributed by atoms with van der Waals surface area (Å²) in [6.45, 7) is 2.18. The molecule has 4 heteroatoms. The minimum absolute atomic E-state index is 0.239. The maximum atomic E-state index is 10.5. The zero-order valence-electron chi connectivity index (χ0n) is 15.5. The third-order valence-corrected chi connectivity index (χ3v) is 5.48. The highest BCUT2D eigenvalue weighted by Crippen LogP contribution is 2.45. The molecule has 25 heavy (non-hydrogen) atoms. The molecular formula is C21H34O4. The normalized spacial score (nSPS) is 29.8. The molecule has 142 valence electrons. The van der Waals surface area contributed by atoms with E-state index in [1.54, 1.807) is 0 Å². The van der Waals surface area contributed by atoms with Crippen molar-refractivity contribution in [2.24, 2.45) is 11.8 Å². The van der Waals surface area contributed by atoms with Crippen LogP contribution in [0.5, 0.6) is 0 Å². The Kier molecular flexibility index (Phi) is 8.70. The van der Waals surface area contributed by atoms with Crippen molar-refractivity contribution in [1.82, 2.24) is 0 Å². The van der Waals surface area contributed by atoms with Gasteiger partial charge in [-0.05, 0) is 44.4 Å². The Hall–Kier alpha value is -1.13. The summed E-state index contributed by atoms with van der Waals surface area (Å²) < 4.78 is 6.09. The molecule has 2 aliphatic rings. The number of carboxylic acids is 1. The fourth-order valence-corrected chi connectivity index (χ4v) is 4.09. The van der Waals surface area contributed by atoms with Crippen molar-refractivity contribution >= 4 is 5.97 Å². The lowest BCUT2D eigenvalue weighted by atomic mass is 9.77. The predicted molar refractivity (Wildman–Crippen MR) is 99.4 cm³/mol. The van der Waals surface area contributed by atoms with Crippen molar-refractivity contribution in [2.75, 3.05) is 0 Å². The van der Waals surface area contributed by atoms with E-state index in [2.05, 4.69) is 25.2 Å². The van der Waals surface area contributed by atoms with E-state index in [0.717, 1.165) is 38.5 Å². The molecule has 2 aliphatic heterocycles. The van der Waals surface area contributed by atoms with Crippen LogP contribution >= 0.6 is 0 Å². The van der Waals surface area contributed by atoms with Crippen LogP contribution < -0.4 is 0 Å². The van der Waals surface area contributed by atoms with Crippen LogP contribution in [0.3, 0.4) is 0 Å². The molecular weight excluding hydrogens is 316 g/mol. The van der Waals surface area contributed by atoms with E-state index in [9.17, 15) is 9.90 Å². The standard InChI is InChI=1S/C21H34O4/c1-2-3-6-9-16(22)12-13-18-17(19-14-15-20(18)25-19)10-7-4-5-8-11-21(23)24/h4,7,12-13,16-20,22H,2-3,5-6,8-11,14-15H2,1H3,(H,23,24)/b7-4-,13-12+/t16-,17+,18?,19-,20+/m0/s1. The third kappa shape index (κ3) is 6.59. The monoisotopic (exact) mass is 350 g/mol. The average molecular weight is 350 g/mol. The molecule has 0 radical (unpaired) electrons. The summed E-state index contributed by atoms with van der Waals surface area (Å²) in [5, 5.41) is 18.8. The SMILES string of the molecule is CCCCC[C@H](O)/C=C/C1[C@@H](C/C=C\CCCC(=O)O)[C@@H]2CC[C@H]1O2. The van der Waals surface area contributed by atoms with Gasteiger partial charge in [0.15, 0.2) is 0 Å². The minimum Gasteiger partial charge on any atom is -0.481 e. The highest BCUT2D eigenvalue weighted by atomic mass is 16.5. The number of aliphatic carboxylic acids is 1. The van der Waals surface area contributed by atoms with E-state index in [1.165, 1.54) is 12.8 Å². The number of ether oxygens (including phenoxy) is 1. The second-order valence-corrected chi connectivity index (χ2v) is 7.47. The van der Waals surface area contributed by atoms with Crippen LogP contribution in [-0.2, 0) is 9.53 Å². The molecule has 1 unspecified atom stereocenters. The van der Waals surface area contributed by atoms with Gasteiger partial charge in [-0.2, -0.15) is 0 Å². The summed E-state index contributed by atoms with van der Waals surface area (Å²) in [6, 6.07) is 0. The first-order valence-corrected chi connectivity index (χ1v) is 10.0. The van der Waals surface area contributed by atoms with Crippen LogP contribution in [0, 0.1) is 11.8 Å². The van der Waals surface area contributed by atoms with E-state index in [-0.39, 0.29) is 12.5 Å². The first kappa shape index (κ1) is 20.2. The van der Waals surface area contributed by atoms with E-state index in [1.807, 2.05) is 6.08 Å². The molecule has 5 atom stereocenters. The fraction of sp³-hybridized carbons (Fsp3) is 0.762. The lowest BCUT2D eigenvalue weighted by Crippen LogP contribution is -2.25. The predicted octanol–water partition coefficient (Wildman–Crippen LogP) is 4.48. The smallest absolute Gasteiger partial charge is 0.303 e. The lowest BCUT2D eigenvalue weighted by Gasteiger charge is -2.25. The van der Waals surface area contributed by atoms with Gasteiger partial charge in [-0.25, -0.2) is 0 Å². The summed E-state index contributed by atoms with van der Waals surface area (Å²) >= 11 is 0. The van der Waals surface area contributed by atoms with Crippen LogP contribution in [0.4, 0.5) is 0 Å². The number of hydrogen-bond donors (Lipinski definition) is 2. The Labute approximate surface area is 152 Å². The van der Waals surface area contributed by atoms with Gasteiger partial charge in [0.1, 0.15) is 0 Å². The second-order valence-electron chi connectivity index (χ2n) is 7.47. The minimum atomic E-state index is -0.724. The largest absolute Gasteiger partial charge is 0.481 e. The van der Waals surface area contributed by atoms with E-state index in [4.69, 9.17) is 9.84 Å². The maximum Gasteiger partial charge on any atom is 0.303 e. The van der Waals surface area contributed by atoms with Gasteiger partial charge in [-0.1, -0.05) is 50.5 Å². The Morgan fingerprint density at radius 3 is 2.76 bits per heavy atom. The number of allylic oxidation sites excluding steroid dienone is 2. The summed E-state index contributed by atoms with van der Waals surface area (Å²) in [6.07, 6.45) is 18.1. The maximum absolute atomic E-state index is 10.5. The Balaban J connectivity index is 1.78. The molecule has 2 rings (SSSR count). The molecule has 0 aromatic heterocycles. The van der Waals surface area contributed by atoms with E-state index in [0.29, 0.717) is 30.5 Å². The Morgan fingerprint density at radius 1 is 1.20 bits per heavy atom. The van der Waals surface area contributed by atoms with Gasteiger partial charge in [0, 0.05) is 12.3 Å². The Bertz CT molecular complexity index is 457. The molecule has 0 amide bonds. The zero-order valence-corrected chi connectivity index (χ0v) is 15.5. The molecule has 4 nitrogen and oxygen atoms in total. The van der Waals surface area contributed by atoms with Gasteiger partial charge in [0.25, 0.3) is 0 Å². The van der Waals surface area contributed by atoms with E-state index >= 15 is 0 Å². The summed E-state index contributed by atoms with van der Waals surface area (Å²) in [5.74, 6) is 0.175. The van der Waals surface area contributed by atoms with Crippen LogP contribution in [0.25, 0.3) is 0 Å². The summed E-state index contributed by atoms with van der Waals surface area (Å²) in [5.41, 5.74) is 0. The number of aliphatic hydroxyl groups is 1. The van der Waals surface area contributed by atoms with Crippen molar-refractivity contribution < 1.29 is 19.7 Å². The molecule has 0 spiro atoms. The third-order valence-electron chi connectivity index (χ3n) is 5.48. The average Bonchev–Trinajstić information content (AvgIpc) is 3.17. The van der Waals surface area contributed by atoms with Crippen molar-refractivity contribution in [1.29, 1.82) is 0 Å². The molecule has 2 N–H and O–H groups in total. The molecule has 0 saturated carbocycles. The zero-order chi connectivity index (χ0) is 18.1. The fourth-order valence-electron chi connectivity index (χ4n) is 4.09. The first-order chi connectivity index (χ1) is 12.1. The lowest BCUT2D eigenvalue weighted by molar-refractivity contribution is -0.137. The molecule has 0 aromatic rings. The van der Waals surface area contributed by atoms with Crippen LogP contribution in [0.2, 0.25) is 0 Å².